The third-order valence-electron chi connectivity index (χ3n) is 5.02. The van der Waals surface area contributed by atoms with E-state index in [1.807, 2.05) is 0 Å². The van der Waals surface area contributed by atoms with Crippen LogP contribution in [-0.4, -0.2) is 44.7 Å². The first-order valence-corrected chi connectivity index (χ1v) is 8.76. The van der Waals surface area contributed by atoms with E-state index in [0.29, 0.717) is 36.3 Å². The normalized spacial score (nSPS) is 20.0. The predicted octanol–water partition coefficient (Wildman–Crippen LogP) is 2.11. The lowest BCUT2D eigenvalue weighted by Crippen LogP contribution is -2.30. The minimum atomic E-state index is -0.0347. The summed E-state index contributed by atoms with van der Waals surface area (Å²) in [5.41, 5.74) is 2.80. The third kappa shape index (κ3) is 2.95. The van der Waals surface area contributed by atoms with Gasteiger partial charge in [-0.2, -0.15) is 10.1 Å². The summed E-state index contributed by atoms with van der Waals surface area (Å²) in [7, 11) is 1.80. The standard InChI is InChI=1S/C17H23N5O2/c1-10-3-6-13-12(9-10)15(20-19-13)17(23)22(2)8-7-14-18-16(24-21-14)11-4-5-11/h10-11H,3-9H2,1-2H3,(H,19,20)/t10-/m0/s1. The zero-order chi connectivity index (χ0) is 16.7. The van der Waals surface area contributed by atoms with Gasteiger partial charge in [0.1, 0.15) is 0 Å². The molecule has 2 aromatic rings. The van der Waals surface area contributed by atoms with Crippen molar-refractivity contribution < 1.29 is 9.32 Å². The molecule has 24 heavy (non-hydrogen) atoms. The number of hydrogen-bond donors (Lipinski definition) is 1. The minimum absolute atomic E-state index is 0.0347. The van der Waals surface area contributed by atoms with Gasteiger partial charge in [0.25, 0.3) is 5.91 Å². The van der Waals surface area contributed by atoms with Crippen molar-refractivity contribution in [3.8, 4) is 0 Å². The molecule has 0 aliphatic heterocycles. The zero-order valence-electron chi connectivity index (χ0n) is 14.2. The Morgan fingerprint density at radius 2 is 2.21 bits per heavy atom. The summed E-state index contributed by atoms with van der Waals surface area (Å²) in [4.78, 5) is 18.8. The highest BCUT2D eigenvalue weighted by Crippen LogP contribution is 2.38. The number of aromatic amines is 1. The van der Waals surface area contributed by atoms with Gasteiger partial charge in [-0.25, -0.2) is 0 Å². The molecule has 0 unspecified atom stereocenters. The Hall–Kier alpha value is -2.18. The summed E-state index contributed by atoms with van der Waals surface area (Å²) in [5, 5.41) is 11.3. The Morgan fingerprint density at radius 3 is 3.00 bits per heavy atom. The number of H-pyrrole nitrogens is 1. The van der Waals surface area contributed by atoms with Crippen LogP contribution in [0.25, 0.3) is 0 Å². The van der Waals surface area contributed by atoms with Crippen LogP contribution in [0.4, 0.5) is 0 Å². The second-order valence-corrected chi connectivity index (χ2v) is 7.18. The second kappa shape index (κ2) is 6.03. The fourth-order valence-corrected chi connectivity index (χ4v) is 3.26. The maximum Gasteiger partial charge on any atom is 0.274 e. The van der Waals surface area contributed by atoms with E-state index in [9.17, 15) is 4.79 Å². The summed E-state index contributed by atoms with van der Waals surface area (Å²) in [5.74, 6) is 2.45. The lowest BCUT2D eigenvalue weighted by molar-refractivity contribution is 0.0788. The van der Waals surface area contributed by atoms with Crippen molar-refractivity contribution in [1.82, 2.24) is 25.2 Å². The molecule has 0 radical (unpaired) electrons. The second-order valence-electron chi connectivity index (χ2n) is 7.18. The SMILES string of the molecule is C[C@H]1CCc2[nH]nc(C(=O)N(C)CCc3noc(C4CC4)n3)c2C1. The van der Waals surface area contributed by atoms with Gasteiger partial charge in [0.2, 0.25) is 5.89 Å². The minimum Gasteiger partial charge on any atom is -0.340 e. The van der Waals surface area contributed by atoms with Crippen molar-refractivity contribution in [1.29, 1.82) is 0 Å². The molecular formula is C17H23N5O2. The molecule has 1 N–H and O–H groups in total. The van der Waals surface area contributed by atoms with Crippen LogP contribution in [0.3, 0.4) is 0 Å². The van der Waals surface area contributed by atoms with Crippen LogP contribution < -0.4 is 0 Å². The smallest absolute Gasteiger partial charge is 0.274 e. The average Bonchev–Trinajstić information content (AvgIpc) is 3.18. The first-order valence-electron chi connectivity index (χ1n) is 8.76. The van der Waals surface area contributed by atoms with Crippen molar-refractivity contribution in [2.45, 2.75) is 51.4 Å². The summed E-state index contributed by atoms with van der Waals surface area (Å²) in [6, 6.07) is 0. The van der Waals surface area contributed by atoms with E-state index in [-0.39, 0.29) is 5.91 Å². The molecule has 2 aromatic heterocycles. The van der Waals surface area contributed by atoms with Crippen molar-refractivity contribution in [3.63, 3.8) is 0 Å². The van der Waals surface area contributed by atoms with Crippen LogP contribution >= 0.6 is 0 Å². The number of aromatic nitrogens is 4. The number of aryl methyl sites for hydroxylation is 1. The monoisotopic (exact) mass is 329 g/mol. The molecule has 0 saturated heterocycles. The van der Waals surface area contributed by atoms with E-state index in [1.165, 1.54) is 0 Å². The third-order valence-corrected chi connectivity index (χ3v) is 5.02. The molecular weight excluding hydrogens is 306 g/mol. The molecule has 1 saturated carbocycles. The summed E-state index contributed by atoms with van der Waals surface area (Å²) in [6.45, 7) is 2.78. The molecule has 0 aromatic carbocycles. The van der Waals surface area contributed by atoms with E-state index >= 15 is 0 Å². The fraction of sp³-hybridized carbons (Fsp3) is 0.647. The van der Waals surface area contributed by atoms with Crippen LogP contribution in [0.1, 0.15) is 65.6 Å². The number of nitrogens with one attached hydrogen (secondary N) is 1. The Kier molecular flexibility index (Phi) is 3.86. The maximum absolute atomic E-state index is 12.7. The maximum atomic E-state index is 12.7. The zero-order valence-corrected chi connectivity index (χ0v) is 14.2. The van der Waals surface area contributed by atoms with Crippen molar-refractivity contribution in [2.24, 2.45) is 5.92 Å². The molecule has 1 atom stereocenters. The molecule has 1 amide bonds. The van der Waals surface area contributed by atoms with Gasteiger partial charge >= 0.3 is 0 Å². The highest BCUT2D eigenvalue weighted by atomic mass is 16.5. The van der Waals surface area contributed by atoms with Crippen LogP contribution in [0.5, 0.6) is 0 Å². The van der Waals surface area contributed by atoms with E-state index in [0.717, 1.165) is 49.3 Å². The van der Waals surface area contributed by atoms with Gasteiger partial charge in [0, 0.05) is 37.2 Å². The summed E-state index contributed by atoms with van der Waals surface area (Å²) in [6.07, 6.45) is 5.94. The molecule has 2 aliphatic carbocycles. The van der Waals surface area contributed by atoms with Gasteiger partial charge in [-0.15, -0.1) is 0 Å². The molecule has 2 aliphatic rings. The Balaban J connectivity index is 1.39. The molecule has 7 nitrogen and oxygen atoms in total. The molecule has 0 spiro atoms. The number of rotatable bonds is 5. The van der Waals surface area contributed by atoms with Gasteiger partial charge in [-0.1, -0.05) is 12.1 Å². The highest BCUT2D eigenvalue weighted by molar-refractivity contribution is 5.93. The quantitative estimate of drug-likeness (QED) is 0.907. The first kappa shape index (κ1) is 15.4. The number of carbonyl (C=O) groups excluding carboxylic acids is 1. The number of carbonyl (C=O) groups is 1. The highest BCUT2D eigenvalue weighted by Gasteiger charge is 2.30. The van der Waals surface area contributed by atoms with E-state index in [2.05, 4.69) is 27.3 Å². The first-order chi connectivity index (χ1) is 11.6. The van der Waals surface area contributed by atoms with Crippen molar-refractivity contribution in [3.05, 3.63) is 28.7 Å². The Labute approximate surface area is 140 Å². The van der Waals surface area contributed by atoms with Gasteiger partial charge in [0.05, 0.1) is 0 Å². The lowest BCUT2D eigenvalue weighted by Gasteiger charge is -2.20. The lowest BCUT2D eigenvalue weighted by atomic mass is 9.87. The summed E-state index contributed by atoms with van der Waals surface area (Å²) >= 11 is 0. The molecule has 1 fully saturated rings. The molecule has 2 heterocycles. The Morgan fingerprint density at radius 1 is 1.38 bits per heavy atom. The number of amides is 1. The van der Waals surface area contributed by atoms with Crippen molar-refractivity contribution >= 4 is 5.91 Å². The average molecular weight is 329 g/mol. The van der Waals surface area contributed by atoms with Crippen LogP contribution in [0, 0.1) is 5.92 Å². The molecule has 7 heteroatoms. The number of fused-ring (bicyclic) bond motifs is 1. The van der Waals surface area contributed by atoms with Gasteiger partial charge in [-0.05, 0) is 38.0 Å². The van der Waals surface area contributed by atoms with Gasteiger partial charge < -0.3 is 9.42 Å². The number of likely N-dealkylation sites (N-methyl/N-ethyl adjacent to an activating group) is 1. The largest absolute Gasteiger partial charge is 0.340 e. The number of nitrogens with zero attached hydrogens (tertiary/aromatic N) is 4. The van der Waals surface area contributed by atoms with E-state index < -0.39 is 0 Å². The Bertz CT molecular complexity index is 746. The van der Waals surface area contributed by atoms with Crippen molar-refractivity contribution in [2.75, 3.05) is 13.6 Å². The van der Waals surface area contributed by atoms with Crippen LogP contribution in [0.15, 0.2) is 4.52 Å². The summed E-state index contributed by atoms with van der Waals surface area (Å²) < 4.78 is 5.26. The molecule has 4 rings (SSSR count). The fourth-order valence-electron chi connectivity index (χ4n) is 3.26. The topological polar surface area (TPSA) is 87.9 Å². The predicted molar refractivity (Wildman–Crippen MR) is 86.7 cm³/mol. The van der Waals surface area contributed by atoms with Gasteiger partial charge in [-0.3, -0.25) is 9.89 Å². The van der Waals surface area contributed by atoms with E-state index in [4.69, 9.17) is 4.52 Å². The molecule has 0 bridgehead atoms. The number of hydrogen-bond acceptors (Lipinski definition) is 5. The van der Waals surface area contributed by atoms with Crippen LogP contribution in [0.2, 0.25) is 0 Å². The van der Waals surface area contributed by atoms with Gasteiger partial charge in [0.15, 0.2) is 11.5 Å². The van der Waals surface area contributed by atoms with Crippen LogP contribution in [-0.2, 0) is 19.3 Å². The molecule has 128 valence electrons. The van der Waals surface area contributed by atoms with E-state index in [1.54, 1.807) is 11.9 Å².